The van der Waals surface area contributed by atoms with Gasteiger partial charge in [0, 0.05) is 24.7 Å². The third-order valence-corrected chi connectivity index (χ3v) is 4.53. The van der Waals surface area contributed by atoms with E-state index in [0.717, 1.165) is 41.4 Å². The van der Waals surface area contributed by atoms with Crippen LogP contribution in [0.5, 0.6) is 0 Å². The van der Waals surface area contributed by atoms with Crippen LogP contribution in [0.15, 0.2) is 42.7 Å². The van der Waals surface area contributed by atoms with Crippen molar-refractivity contribution in [1.82, 2.24) is 20.2 Å². The van der Waals surface area contributed by atoms with Crippen LogP contribution in [0.1, 0.15) is 19.8 Å². The molecular weight excluding hydrogens is 300 g/mol. The maximum absolute atomic E-state index is 4.64. The van der Waals surface area contributed by atoms with Crippen molar-refractivity contribution >= 4 is 28.4 Å². The number of aromatic nitrogens is 4. The fourth-order valence-electron chi connectivity index (χ4n) is 3.06. The zero-order chi connectivity index (χ0) is 16.4. The van der Waals surface area contributed by atoms with Crippen molar-refractivity contribution in [2.24, 2.45) is 5.92 Å². The predicted octanol–water partition coefficient (Wildman–Crippen LogP) is 3.40. The van der Waals surface area contributed by atoms with Gasteiger partial charge in [0.2, 0.25) is 5.95 Å². The van der Waals surface area contributed by atoms with Gasteiger partial charge in [-0.3, -0.25) is 4.98 Å². The van der Waals surface area contributed by atoms with E-state index in [1.165, 1.54) is 12.8 Å². The van der Waals surface area contributed by atoms with Crippen LogP contribution in [-0.4, -0.2) is 33.3 Å². The highest BCUT2D eigenvalue weighted by Gasteiger charge is 2.18. The summed E-state index contributed by atoms with van der Waals surface area (Å²) in [4.78, 5) is 11.4. The maximum Gasteiger partial charge on any atom is 0.249 e. The molecule has 0 atom stereocenters. The molecule has 1 aromatic carbocycles. The van der Waals surface area contributed by atoms with Gasteiger partial charge >= 0.3 is 0 Å². The molecule has 1 N–H and O–H groups in total. The van der Waals surface area contributed by atoms with Crippen LogP contribution in [0, 0.1) is 5.92 Å². The average molecular weight is 320 g/mol. The highest BCUT2D eigenvalue weighted by atomic mass is 15.3. The van der Waals surface area contributed by atoms with E-state index in [0.29, 0.717) is 5.95 Å². The van der Waals surface area contributed by atoms with Crippen LogP contribution in [0.3, 0.4) is 0 Å². The molecule has 0 unspecified atom stereocenters. The van der Waals surface area contributed by atoms with E-state index in [1.807, 2.05) is 30.3 Å². The molecule has 0 amide bonds. The van der Waals surface area contributed by atoms with Gasteiger partial charge < -0.3 is 10.2 Å². The number of fused-ring (bicyclic) bond motifs is 1. The van der Waals surface area contributed by atoms with Crippen LogP contribution in [0.2, 0.25) is 0 Å². The van der Waals surface area contributed by atoms with Crippen molar-refractivity contribution in [2.75, 3.05) is 23.3 Å². The van der Waals surface area contributed by atoms with Gasteiger partial charge in [-0.05, 0) is 30.9 Å². The Morgan fingerprint density at radius 3 is 2.83 bits per heavy atom. The molecule has 1 aliphatic rings. The highest BCUT2D eigenvalue weighted by molar-refractivity contribution is 5.91. The number of para-hydroxylation sites is 1. The molecule has 122 valence electrons. The maximum atomic E-state index is 4.64. The van der Waals surface area contributed by atoms with Gasteiger partial charge in [0.15, 0.2) is 5.82 Å². The number of anilines is 3. The summed E-state index contributed by atoms with van der Waals surface area (Å²) in [5, 5.41) is 12.6. The minimum atomic E-state index is 0.504. The smallest absolute Gasteiger partial charge is 0.249 e. The summed E-state index contributed by atoms with van der Waals surface area (Å²) in [6, 6.07) is 9.99. The number of piperidine rings is 1. The molecule has 0 aliphatic carbocycles. The van der Waals surface area contributed by atoms with E-state index in [2.05, 4.69) is 37.3 Å². The first-order valence-electron chi connectivity index (χ1n) is 8.35. The second-order valence-corrected chi connectivity index (χ2v) is 6.31. The SMILES string of the molecule is CC1CCN(c2cnnc(Nc3cccc4cccnc34)n2)CC1. The third-order valence-electron chi connectivity index (χ3n) is 4.53. The standard InChI is InChI=1S/C18H20N6/c1-13-7-10-24(11-8-13)16-12-20-23-18(22-16)21-15-6-2-4-14-5-3-9-19-17(14)15/h2-6,9,12-13H,7-8,10-11H2,1H3,(H,21,22,23). The second kappa shape index (κ2) is 6.39. The summed E-state index contributed by atoms with van der Waals surface area (Å²) in [7, 11) is 0. The van der Waals surface area contributed by atoms with Crippen LogP contribution < -0.4 is 10.2 Å². The van der Waals surface area contributed by atoms with Crippen LogP contribution in [-0.2, 0) is 0 Å². The van der Waals surface area contributed by atoms with Crippen LogP contribution >= 0.6 is 0 Å². The Morgan fingerprint density at radius 2 is 1.96 bits per heavy atom. The molecule has 1 saturated heterocycles. The lowest BCUT2D eigenvalue weighted by Crippen LogP contribution is -2.33. The Kier molecular flexibility index (Phi) is 3.94. The molecule has 3 heterocycles. The summed E-state index contributed by atoms with van der Waals surface area (Å²) in [5.41, 5.74) is 1.79. The van der Waals surface area contributed by atoms with E-state index < -0.39 is 0 Å². The number of hydrogen-bond acceptors (Lipinski definition) is 6. The normalized spacial score (nSPS) is 15.6. The molecule has 3 aromatic rings. The minimum absolute atomic E-state index is 0.504. The van der Waals surface area contributed by atoms with Crippen molar-refractivity contribution < 1.29 is 0 Å². The highest BCUT2D eigenvalue weighted by Crippen LogP contribution is 2.25. The Morgan fingerprint density at radius 1 is 1.12 bits per heavy atom. The molecule has 4 rings (SSSR count). The first-order chi connectivity index (χ1) is 11.8. The summed E-state index contributed by atoms with van der Waals surface area (Å²) >= 11 is 0. The van der Waals surface area contributed by atoms with E-state index in [4.69, 9.17) is 0 Å². The van der Waals surface area contributed by atoms with Gasteiger partial charge in [-0.2, -0.15) is 10.1 Å². The lowest BCUT2D eigenvalue weighted by atomic mass is 9.99. The Labute approximate surface area is 141 Å². The van der Waals surface area contributed by atoms with Crippen molar-refractivity contribution in [1.29, 1.82) is 0 Å². The van der Waals surface area contributed by atoms with Crippen molar-refractivity contribution in [3.63, 3.8) is 0 Å². The lowest BCUT2D eigenvalue weighted by molar-refractivity contribution is 0.436. The fraction of sp³-hybridized carbons (Fsp3) is 0.333. The van der Waals surface area contributed by atoms with Gasteiger partial charge in [0.25, 0.3) is 0 Å². The van der Waals surface area contributed by atoms with Gasteiger partial charge in [-0.25, -0.2) is 0 Å². The Bertz CT molecular complexity index is 836. The molecule has 0 radical (unpaired) electrons. The van der Waals surface area contributed by atoms with Crippen molar-refractivity contribution in [3.8, 4) is 0 Å². The van der Waals surface area contributed by atoms with Crippen LogP contribution in [0.4, 0.5) is 17.5 Å². The number of pyridine rings is 1. The molecule has 6 nitrogen and oxygen atoms in total. The number of nitrogens with zero attached hydrogens (tertiary/aromatic N) is 5. The second-order valence-electron chi connectivity index (χ2n) is 6.31. The molecule has 0 spiro atoms. The number of nitrogens with one attached hydrogen (secondary N) is 1. The summed E-state index contributed by atoms with van der Waals surface area (Å²) < 4.78 is 0. The summed E-state index contributed by atoms with van der Waals surface area (Å²) in [6.45, 7) is 4.35. The molecule has 0 bridgehead atoms. The zero-order valence-corrected chi connectivity index (χ0v) is 13.7. The first-order valence-corrected chi connectivity index (χ1v) is 8.35. The Hall–Kier alpha value is -2.76. The van der Waals surface area contributed by atoms with Gasteiger partial charge in [0.1, 0.15) is 0 Å². The molecule has 2 aromatic heterocycles. The lowest BCUT2D eigenvalue weighted by Gasteiger charge is -2.30. The zero-order valence-electron chi connectivity index (χ0n) is 13.7. The monoisotopic (exact) mass is 320 g/mol. The summed E-state index contributed by atoms with van der Waals surface area (Å²) in [5.74, 6) is 2.17. The Balaban J connectivity index is 1.59. The van der Waals surface area contributed by atoms with Crippen molar-refractivity contribution in [3.05, 3.63) is 42.7 Å². The molecule has 1 aliphatic heterocycles. The molecule has 6 heteroatoms. The molecule has 24 heavy (non-hydrogen) atoms. The minimum Gasteiger partial charge on any atom is -0.355 e. The number of hydrogen-bond donors (Lipinski definition) is 1. The number of rotatable bonds is 3. The molecule has 1 fully saturated rings. The quantitative estimate of drug-likeness (QED) is 0.798. The van der Waals surface area contributed by atoms with Gasteiger partial charge in [-0.15, -0.1) is 5.10 Å². The van der Waals surface area contributed by atoms with Crippen molar-refractivity contribution in [2.45, 2.75) is 19.8 Å². The van der Waals surface area contributed by atoms with E-state index in [9.17, 15) is 0 Å². The largest absolute Gasteiger partial charge is 0.355 e. The molecule has 0 saturated carbocycles. The molecular formula is C18H20N6. The first kappa shape index (κ1) is 14.8. The van der Waals surface area contributed by atoms with E-state index >= 15 is 0 Å². The topological polar surface area (TPSA) is 66.8 Å². The third kappa shape index (κ3) is 2.99. The van der Waals surface area contributed by atoms with E-state index in [-0.39, 0.29) is 0 Å². The number of benzene rings is 1. The van der Waals surface area contributed by atoms with Gasteiger partial charge in [0.05, 0.1) is 17.4 Å². The van der Waals surface area contributed by atoms with Gasteiger partial charge in [-0.1, -0.05) is 25.1 Å². The predicted molar refractivity (Wildman–Crippen MR) is 95.5 cm³/mol. The van der Waals surface area contributed by atoms with Crippen LogP contribution in [0.25, 0.3) is 10.9 Å². The van der Waals surface area contributed by atoms with E-state index in [1.54, 1.807) is 12.4 Å². The summed E-state index contributed by atoms with van der Waals surface area (Å²) in [6.07, 6.45) is 5.92. The average Bonchev–Trinajstić information content (AvgIpc) is 2.63. The fourth-order valence-corrected chi connectivity index (χ4v) is 3.06.